The van der Waals surface area contributed by atoms with Crippen LogP contribution in [-0.4, -0.2) is 50.2 Å². The van der Waals surface area contributed by atoms with Gasteiger partial charge in [-0.2, -0.15) is 5.10 Å². The molecule has 2 atom stereocenters. The lowest BCUT2D eigenvalue weighted by Crippen LogP contribution is -2.55. The number of likely N-dealkylation sites (tertiary alicyclic amines) is 1. The summed E-state index contributed by atoms with van der Waals surface area (Å²) in [5.74, 6) is -2.64. The van der Waals surface area contributed by atoms with E-state index in [4.69, 9.17) is 0 Å². The second-order valence-corrected chi connectivity index (χ2v) is 5.03. The third kappa shape index (κ3) is 3.04. The Morgan fingerprint density at radius 2 is 2.24 bits per heavy atom. The first-order valence-electron chi connectivity index (χ1n) is 6.75. The van der Waals surface area contributed by atoms with Crippen LogP contribution >= 0.6 is 0 Å². The van der Waals surface area contributed by atoms with Gasteiger partial charge in [0.1, 0.15) is 5.92 Å². The number of aromatic nitrogens is 2. The van der Waals surface area contributed by atoms with Gasteiger partial charge in [0.05, 0.1) is 17.9 Å². The summed E-state index contributed by atoms with van der Waals surface area (Å²) in [6.45, 7) is 2.00. The molecular weight excluding hydrogens is 276 g/mol. The van der Waals surface area contributed by atoms with Crippen LogP contribution in [0.4, 0.5) is 10.5 Å². The molecule has 8 nitrogen and oxygen atoms in total. The number of hydrogen-bond donors (Lipinski definition) is 2. The number of carbonyl (C=O) groups excluding carboxylic acids is 2. The number of urea groups is 1. The molecule has 114 valence electrons. The predicted octanol–water partition coefficient (Wildman–Crippen LogP) is 0.706. The Hall–Kier alpha value is -2.38. The number of aryl methyl sites for hydroxylation is 1. The van der Waals surface area contributed by atoms with Crippen molar-refractivity contribution >= 4 is 23.5 Å². The monoisotopic (exact) mass is 294 g/mol. The molecule has 1 fully saturated rings. The van der Waals surface area contributed by atoms with Gasteiger partial charge in [-0.1, -0.05) is 6.92 Å². The van der Waals surface area contributed by atoms with Crippen molar-refractivity contribution in [2.75, 3.05) is 11.9 Å². The standard InChI is InChI=1S/C13H18N4O4/c1-3-9-11(12(19)20)10(18)4-5-17(9)13(21)15-8-6-14-16(2)7-8/h6-7,9,11H,3-5H2,1-2H3,(H,15,21)(H,19,20). The first-order chi connectivity index (χ1) is 9.93. The summed E-state index contributed by atoms with van der Waals surface area (Å²) in [5, 5.41) is 15.8. The lowest BCUT2D eigenvalue weighted by Gasteiger charge is -2.38. The molecule has 1 aliphatic heterocycles. The van der Waals surface area contributed by atoms with Crippen LogP contribution in [0.1, 0.15) is 19.8 Å². The molecule has 2 rings (SSSR count). The first-order valence-corrected chi connectivity index (χ1v) is 6.75. The van der Waals surface area contributed by atoms with E-state index in [1.54, 1.807) is 24.9 Å². The average Bonchev–Trinajstić information content (AvgIpc) is 2.82. The normalized spacial score (nSPS) is 22.2. The molecule has 0 bridgehead atoms. The number of carbonyl (C=O) groups is 3. The summed E-state index contributed by atoms with van der Waals surface area (Å²) >= 11 is 0. The van der Waals surface area contributed by atoms with Crippen molar-refractivity contribution in [2.24, 2.45) is 13.0 Å². The maximum Gasteiger partial charge on any atom is 0.322 e. The van der Waals surface area contributed by atoms with E-state index in [9.17, 15) is 19.5 Å². The van der Waals surface area contributed by atoms with Gasteiger partial charge in [-0.3, -0.25) is 14.3 Å². The van der Waals surface area contributed by atoms with E-state index in [0.29, 0.717) is 12.1 Å². The molecule has 0 aromatic carbocycles. The molecule has 0 saturated carbocycles. The maximum absolute atomic E-state index is 12.3. The third-order valence-corrected chi connectivity index (χ3v) is 3.63. The minimum atomic E-state index is -1.18. The van der Waals surface area contributed by atoms with Gasteiger partial charge in [-0.05, 0) is 6.42 Å². The van der Waals surface area contributed by atoms with Crippen molar-refractivity contribution in [1.82, 2.24) is 14.7 Å². The fourth-order valence-corrected chi connectivity index (χ4v) is 2.64. The summed E-state index contributed by atoms with van der Waals surface area (Å²) < 4.78 is 1.55. The van der Waals surface area contributed by atoms with Crippen molar-refractivity contribution in [3.8, 4) is 0 Å². The van der Waals surface area contributed by atoms with E-state index in [1.807, 2.05) is 0 Å². The Morgan fingerprint density at radius 3 is 2.76 bits per heavy atom. The SMILES string of the molecule is CCC1C(C(=O)O)C(=O)CCN1C(=O)Nc1cnn(C)c1. The molecule has 0 radical (unpaired) electrons. The van der Waals surface area contributed by atoms with Crippen molar-refractivity contribution in [2.45, 2.75) is 25.8 Å². The predicted molar refractivity (Wildman–Crippen MR) is 73.8 cm³/mol. The van der Waals surface area contributed by atoms with Crippen molar-refractivity contribution in [3.05, 3.63) is 12.4 Å². The summed E-state index contributed by atoms with van der Waals surface area (Å²) in [6.07, 6.45) is 3.61. The fraction of sp³-hybridized carbons (Fsp3) is 0.538. The third-order valence-electron chi connectivity index (χ3n) is 3.63. The summed E-state index contributed by atoms with van der Waals surface area (Å²) in [7, 11) is 1.73. The number of aliphatic carboxylic acids is 1. The zero-order chi connectivity index (χ0) is 15.6. The molecule has 2 unspecified atom stereocenters. The van der Waals surface area contributed by atoms with Crippen LogP contribution < -0.4 is 5.32 Å². The highest BCUT2D eigenvalue weighted by Gasteiger charge is 2.42. The molecule has 1 aromatic rings. The van der Waals surface area contributed by atoms with Crippen LogP contribution in [0.2, 0.25) is 0 Å². The summed E-state index contributed by atoms with van der Waals surface area (Å²) in [6, 6.07) is -1.03. The molecule has 0 spiro atoms. The number of hydrogen-bond acceptors (Lipinski definition) is 4. The zero-order valence-electron chi connectivity index (χ0n) is 11.9. The van der Waals surface area contributed by atoms with Gasteiger partial charge in [0, 0.05) is 26.2 Å². The van der Waals surface area contributed by atoms with Crippen LogP contribution in [0, 0.1) is 5.92 Å². The highest BCUT2D eigenvalue weighted by molar-refractivity contribution is 6.01. The van der Waals surface area contributed by atoms with E-state index in [2.05, 4.69) is 10.4 Å². The number of piperidine rings is 1. The Morgan fingerprint density at radius 1 is 1.52 bits per heavy atom. The van der Waals surface area contributed by atoms with Gasteiger partial charge < -0.3 is 15.3 Å². The van der Waals surface area contributed by atoms with Crippen LogP contribution in [-0.2, 0) is 16.6 Å². The van der Waals surface area contributed by atoms with E-state index in [1.165, 1.54) is 11.1 Å². The van der Waals surface area contributed by atoms with Crippen molar-refractivity contribution in [3.63, 3.8) is 0 Å². The topological polar surface area (TPSA) is 105 Å². The number of nitrogens with zero attached hydrogens (tertiary/aromatic N) is 3. The van der Waals surface area contributed by atoms with Crippen LogP contribution in [0.15, 0.2) is 12.4 Å². The van der Waals surface area contributed by atoms with Crippen molar-refractivity contribution in [1.29, 1.82) is 0 Å². The summed E-state index contributed by atoms with van der Waals surface area (Å²) in [4.78, 5) is 36.8. The minimum absolute atomic E-state index is 0.0634. The van der Waals surface area contributed by atoms with Gasteiger partial charge in [0.15, 0.2) is 5.78 Å². The number of ketones is 1. The van der Waals surface area contributed by atoms with E-state index >= 15 is 0 Å². The Balaban J connectivity index is 2.15. The molecule has 21 heavy (non-hydrogen) atoms. The zero-order valence-corrected chi connectivity index (χ0v) is 11.9. The van der Waals surface area contributed by atoms with Crippen molar-refractivity contribution < 1.29 is 19.5 Å². The quantitative estimate of drug-likeness (QED) is 0.799. The highest BCUT2D eigenvalue weighted by atomic mass is 16.4. The van der Waals surface area contributed by atoms with E-state index in [-0.39, 0.29) is 18.7 Å². The van der Waals surface area contributed by atoms with Gasteiger partial charge >= 0.3 is 12.0 Å². The Kier molecular flexibility index (Phi) is 4.25. The number of carboxylic acids is 1. The fourth-order valence-electron chi connectivity index (χ4n) is 2.64. The first kappa shape index (κ1) is 15.0. The number of rotatable bonds is 3. The molecule has 2 heterocycles. The van der Waals surface area contributed by atoms with Gasteiger partial charge in [0.2, 0.25) is 0 Å². The second kappa shape index (κ2) is 5.94. The molecule has 1 saturated heterocycles. The Bertz CT molecular complexity index is 568. The van der Waals surface area contributed by atoms with Crippen LogP contribution in [0.5, 0.6) is 0 Å². The lowest BCUT2D eigenvalue weighted by atomic mass is 9.86. The summed E-state index contributed by atoms with van der Waals surface area (Å²) in [5.41, 5.74) is 0.529. The molecule has 2 N–H and O–H groups in total. The van der Waals surface area contributed by atoms with Gasteiger partial charge in [-0.15, -0.1) is 0 Å². The smallest absolute Gasteiger partial charge is 0.322 e. The molecule has 2 amide bonds. The largest absolute Gasteiger partial charge is 0.481 e. The number of anilines is 1. The number of Topliss-reactive ketones (excluding diaryl/α,β-unsaturated/α-hetero) is 1. The molecule has 1 aromatic heterocycles. The maximum atomic E-state index is 12.3. The molecule has 1 aliphatic rings. The minimum Gasteiger partial charge on any atom is -0.481 e. The lowest BCUT2D eigenvalue weighted by molar-refractivity contribution is -0.150. The number of amides is 2. The van der Waals surface area contributed by atoms with Crippen LogP contribution in [0.3, 0.4) is 0 Å². The molecule has 0 aliphatic carbocycles. The number of carboxylic acid groups (broad SMARTS) is 1. The van der Waals surface area contributed by atoms with Gasteiger partial charge in [-0.25, -0.2) is 4.79 Å². The van der Waals surface area contributed by atoms with Crippen LogP contribution in [0.25, 0.3) is 0 Å². The van der Waals surface area contributed by atoms with E-state index < -0.39 is 24.0 Å². The van der Waals surface area contributed by atoms with Gasteiger partial charge in [0.25, 0.3) is 0 Å². The van der Waals surface area contributed by atoms with E-state index in [0.717, 1.165) is 0 Å². The average molecular weight is 294 g/mol. The Labute approximate surface area is 121 Å². The second-order valence-electron chi connectivity index (χ2n) is 5.03. The highest BCUT2D eigenvalue weighted by Crippen LogP contribution is 2.24. The molecular formula is C13H18N4O4. The number of nitrogens with one attached hydrogen (secondary N) is 1. The molecule has 8 heteroatoms.